The van der Waals surface area contributed by atoms with Crippen LogP contribution in [-0.2, 0) is 18.0 Å². The second kappa shape index (κ2) is 6.88. The van der Waals surface area contributed by atoms with Gasteiger partial charge in [0.05, 0.1) is 19.8 Å². The summed E-state index contributed by atoms with van der Waals surface area (Å²) in [6.07, 6.45) is 0.486. The summed E-state index contributed by atoms with van der Waals surface area (Å²) in [4.78, 5) is 10.3. The number of hydrogen-bond acceptors (Lipinski definition) is 4. The van der Waals surface area contributed by atoms with Gasteiger partial charge in [-0.05, 0) is 29.7 Å². The number of carbonyl (C=O) groups is 1. The van der Waals surface area contributed by atoms with E-state index in [1.807, 2.05) is 0 Å². The predicted octanol–water partition coefficient (Wildman–Crippen LogP) is 0.915. The van der Waals surface area contributed by atoms with E-state index in [0.29, 0.717) is 29.9 Å². The lowest BCUT2D eigenvalue weighted by molar-refractivity contribution is -0.137. The van der Waals surface area contributed by atoms with Crippen LogP contribution < -0.4 is 4.74 Å². The molecule has 0 amide bonds. The van der Waals surface area contributed by atoms with Gasteiger partial charge in [0, 0.05) is 6.42 Å². The smallest absolute Gasteiger partial charge is 0.303 e. The molecule has 0 fully saturated rings. The minimum Gasteiger partial charge on any atom is -0.494 e. The summed E-state index contributed by atoms with van der Waals surface area (Å²) in [5.41, 5.74) is 1.31. The molecule has 0 aliphatic heterocycles. The number of rotatable bonds is 7. The van der Waals surface area contributed by atoms with Crippen molar-refractivity contribution in [2.75, 3.05) is 6.61 Å². The van der Waals surface area contributed by atoms with Crippen LogP contribution in [0.25, 0.3) is 0 Å². The molecule has 1 aromatic carbocycles. The van der Waals surface area contributed by atoms with Crippen molar-refractivity contribution in [3.63, 3.8) is 0 Å². The Morgan fingerprint density at radius 3 is 2.18 bits per heavy atom. The predicted molar refractivity (Wildman–Crippen MR) is 60.7 cm³/mol. The Balaban J connectivity index is 2.54. The van der Waals surface area contributed by atoms with Crippen LogP contribution in [-0.4, -0.2) is 27.9 Å². The van der Waals surface area contributed by atoms with E-state index in [-0.39, 0.29) is 19.6 Å². The fraction of sp³-hybridized carbons (Fsp3) is 0.417. The summed E-state index contributed by atoms with van der Waals surface area (Å²) < 4.78 is 5.36. The van der Waals surface area contributed by atoms with Crippen molar-refractivity contribution in [3.8, 4) is 5.75 Å². The van der Waals surface area contributed by atoms with Gasteiger partial charge in [0.2, 0.25) is 0 Å². The van der Waals surface area contributed by atoms with E-state index in [0.717, 1.165) is 0 Å². The Bertz CT molecular complexity index is 353. The van der Waals surface area contributed by atoms with Gasteiger partial charge in [-0.1, -0.05) is 6.07 Å². The molecule has 17 heavy (non-hydrogen) atoms. The minimum absolute atomic E-state index is 0.0621. The quantitative estimate of drug-likeness (QED) is 0.617. The van der Waals surface area contributed by atoms with Crippen molar-refractivity contribution >= 4 is 5.97 Å². The third kappa shape index (κ3) is 4.84. The maximum atomic E-state index is 10.3. The first-order valence-electron chi connectivity index (χ1n) is 5.35. The first-order chi connectivity index (χ1) is 8.15. The third-order valence-electron chi connectivity index (χ3n) is 2.19. The van der Waals surface area contributed by atoms with E-state index in [4.69, 9.17) is 20.1 Å². The summed E-state index contributed by atoms with van der Waals surface area (Å²) in [7, 11) is 0. The second-order valence-electron chi connectivity index (χ2n) is 3.65. The summed E-state index contributed by atoms with van der Waals surface area (Å²) in [5, 5.41) is 26.5. The van der Waals surface area contributed by atoms with Crippen molar-refractivity contribution in [2.24, 2.45) is 0 Å². The van der Waals surface area contributed by atoms with Gasteiger partial charge in [-0.2, -0.15) is 0 Å². The molecule has 0 radical (unpaired) electrons. The maximum absolute atomic E-state index is 10.3. The maximum Gasteiger partial charge on any atom is 0.303 e. The topological polar surface area (TPSA) is 87.0 Å². The van der Waals surface area contributed by atoms with E-state index in [1.54, 1.807) is 18.2 Å². The molecule has 1 aromatic rings. The van der Waals surface area contributed by atoms with Crippen molar-refractivity contribution in [1.82, 2.24) is 0 Å². The zero-order chi connectivity index (χ0) is 12.7. The van der Waals surface area contributed by atoms with Crippen LogP contribution in [0.5, 0.6) is 5.75 Å². The van der Waals surface area contributed by atoms with Crippen LogP contribution in [0, 0.1) is 0 Å². The van der Waals surface area contributed by atoms with Crippen LogP contribution in [0.15, 0.2) is 18.2 Å². The van der Waals surface area contributed by atoms with Gasteiger partial charge in [0.15, 0.2) is 0 Å². The molecule has 0 aliphatic carbocycles. The summed E-state index contributed by atoms with van der Waals surface area (Å²) in [5.74, 6) is -0.320. The van der Waals surface area contributed by atoms with Crippen molar-refractivity contribution in [1.29, 1.82) is 0 Å². The number of aliphatic hydroxyl groups excluding tert-OH is 2. The molecule has 0 saturated heterocycles. The minimum atomic E-state index is -0.853. The van der Waals surface area contributed by atoms with Crippen LogP contribution in [0.3, 0.4) is 0 Å². The van der Waals surface area contributed by atoms with Gasteiger partial charge >= 0.3 is 5.97 Å². The average Bonchev–Trinajstić information content (AvgIpc) is 2.34. The number of carboxylic acids is 1. The van der Waals surface area contributed by atoms with E-state index in [2.05, 4.69) is 0 Å². The molecule has 0 atom stereocenters. The highest BCUT2D eigenvalue weighted by Crippen LogP contribution is 2.18. The molecule has 0 bridgehead atoms. The zero-order valence-corrected chi connectivity index (χ0v) is 9.43. The molecule has 94 valence electrons. The molecule has 0 unspecified atom stereocenters. The van der Waals surface area contributed by atoms with Gasteiger partial charge in [-0.25, -0.2) is 0 Å². The third-order valence-corrected chi connectivity index (χ3v) is 2.19. The summed E-state index contributed by atoms with van der Waals surface area (Å²) >= 11 is 0. The van der Waals surface area contributed by atoms with E-state index >= 15 is 0 Å². The highest BCUT2D eigenvalue weighted by Gasteiger charge is 2.02. The highest BCUT2D eigenvalue weighted by atomic mass is 16.5. The standard InChI is InChI=1S/C12H16O5/c13-7-9-4-10(8-14)6-11(5-9)17-3-1-2-12(15)16/h4-6,13-14H,1-3,7-8H2,(H,15,16). The van der Waals surface area contributed by atoms with E-state index < -0.39 is 5.97 Å². The lowest BCUT2D eigenvalue weighted by Gasteiger charge is -2.08. The van der Waals surface area contributed by atoms with Crippen LogP contribution in [0.1, 0.15) is 24.0 Å². The number of benzene rings is 1. The number of carboxylic acid groups (broad SMARTS) is 1. The molecule has 0 saturated carbocycles. The van der Waals surface area contributed by atoms with Gasteiger partial charge in [0.1, 0.15) is 5.75 Å². The first kappa shape index (κ1) is 13.5. The molecular weight excluding hydrogens is 224 g/mol. The molecule has 0 aromatic heterocycles. The van der Waals surface area contributed by atoms with Crippen molar-refractivity contribution in [3.05, 3.63) is 29.3 Å². The van der Waals surface area contributed by atoms with Crippen LogP contribution in [0.2, 0.25) is 0 Å². The Morgan fingerprint density at radius 1 is 1.12 bits per heavy atom. The summed E-state index contributed by atoms with van der Waals surface area (Å²) in [6.45, 7) is 0.0463. The van der Waals surface area contributed by atoms with Gasteiger partial charge < -0.3 is 20.1 Å². The Morgan fingerprint density at radius 2 is 1.71 bits per heavy atom. The second-order valence-corrected chi connectivity index (χ2v) is 3.65. The fourth-order valence-electron chi connectivity index (χ4n) is 1.41. The Kier molecular flexibility index (Phi) is 5.45. The molecule has 0 spiro atoms. The molecule has 5 heteroatoms. The highest BCUT2D eigenvalue weighted by molar-refractivity contribution is 5.66. The number of ether oxygens (including phenoxy) is 1. The number of aliphatic hydroxyl groups is 2. The average molecular weight is 240 g/mol. The lowest BCUT2D eigenvalue weighted by Crippen LogP contribution is -2.03. The fourth-order valence-corrected chi connectivity index (χ4v) is 1.41. The lowest BCUT2D eigenvalue weighted by atomic mass is 10.1. The van der Waals surface area contributed by atoms with Crippen molar-refractivity contribution in [2.45, 2.75) is 26.1 Å². The summed E-state index contributed by atoms with van der Waals surface area (Å²) in [6, 6.07) is 5.02. The van der Waals surface area contributed by atoms with Gasteiger partial charge in [-0.3, -0.25) is 4.79 Å². The molecular formula is C12H16O5. The zero-order valence-electron chi connectivity index (χ0n) is 9.43. The normalized spacial score (nSPS) is 10.2. The van der Waals surface area contributed by atoms with E-state index in [9.17, 15) is 4.79 Å². The SMILES string of the molecule is O=C(O)CCCOc1cc(CO)cc(CO)c1. The molecule has 0 aliphatic rings. The molecule has 1 rings (SSSR count). The molecule has 3 N–H and O–H groups in total. The van der Waals surface area contributed by atoms with Crippen molar-refractivity contribution < 1.29 is 24.9 Å². The first-order valence-corrected chi connectivity index (χ1v) is 5.35. The largest absolute Gasteiger partial charge is 0.494 e. The van der Waals surface area contributed by atoms with Crippen LogP contribution >= 0.6 is 0 Å². The Labute approximate surface area is 99.3 Å². The van der Waals surface area contributed by atoms with E-state index in [1.165, 1.54) is 0 Å². The van der Waals surface area contributed by atoms with Crippen LogP contribution in [0.4, 0.5) is 0 Å². The number of hydrogen-bond donors (Lipinski definition) is 3. The molecule has 5 nitrogen and oxygen atoms in total. The van der Waals surface area contributed by atoms with Gasteiger partial charge in [-0.15, -0.1) is 0 Å². The monoisotopic (exact) mass is 240 g/mol. The Hall–Kier alpha value is -1.59. The van der Waals surface area contributed by atoms with Gasteiger partial charge in [0.25, 0.3) is 0 Å². The molecule has 0 heterocycles. The number of aliphatic carboxylic acids is 1.